The predicted molar refractivity (Wildman–Crippen MR) is 52.3 cm³/mol. The van der Waals surface area contributed by atoms with E-state index >= 15 is 0 Å². The van der Waals surface area contributed by atoms with Gasteiger partial charge < -0.3 is 4.98 Å². The van der Waals surface area contributed by atoms with Gasteiger partial charge in [0.15, 0.2) is 5.82 Å². The number of nitrogens with zero attached hydrogens (tertiary/aromatic N) is 1. The Morgan fingerprint density at radius 1 is 1.21 bits per heavy atom. The van der Waals surface area contributed by atoms with E-state index in [9.17, 15) is 31.1 Å². The zero-order chi connectivity index (χ0) is 14.4. The summed E-state index contributed by atoms with van der Waals surface area (Å²) in [5, 5.41) is -0.739. The smallest absolute Gasteiger partial charge is 0.305 e. The fourth-order valence-corrected chi connectivity index (χ4v) is 1.54. The molecule has 102 valence electrons. The number of aromatic nitrogens is 2. The third-order valence-electron chi connectivity index (χ3n) is 2.31. The van der Waals surface area contributed by atoms with E-state index in [0.29, 0.717) is 6.07 Å². The Labute approximate surface area is 100 Å². The van der Waals surface area contributed by atoms with E-state index in [1.165, 1.54) is 0 Å². The maximum absolute atomic E-state index is 13.0. The topological polar surface area (TPSA) is 45.8 Å². The highest BCUT2D eigenvalue weighted by molar-refractivity contribution is 5.81. The number of benzene rings is 1. The lowest BCUT2D eigenvalue weighted by atomic mass is 10.1. The van der Waals surface area contributed by atoms with E-state index in [-0.39, 0.29) is 6.07 Å². The van der Waals surface area contributed by atoms with Crippen LogP contribution in [0.4, 0.5) is 26.3 Å². The Morgan fingerprint density at radius 2 is 1.84 bits per heavy atom. The molecule has 0 spiro atoms. The molecule has 0 bridgehead atoms. The van der Waals surface area contributed by atoms with Crippen molar-refractivity contribution in [2.24, 2.45) is 0 Å². The SMILES string of the molecule is O=c1[nH]c(C(F)F)nc2c(C(F)(F)F)cc(F)cc12. The Morgan fingerprint density at radius 3 is 2.37 bits per heavy atom. The lowest BCUT2D eigenvalue weighted by Gasteiger charge is -2.10. The summed E-state index contributed by atoms with van der Waals surface area (Å²) in [7, 11) is 0. The van der Waals surface area contributed by atoms with Crippen LogP contribution in [0.2, 0.25) is 0 Å². The van der Waals surface area contributed by atoms with Crippen LogP contribution < -0.4 is 5.56 Å². The largest absolute Gasteiger partial charge is 0.418 e. The van der Waals surface area contributed by atoms with E-state index in [4.69, 9.17) is 0 Å². The molecule has 0 saturated heterocycles. The third kappa shape index (κ3) is 2.40. The monoisotopic (exact) mass is 282 g/mol. The van der Waals surface area contributed by atoms with Crippen LogP contribution in [0.3, 0.4) is 0 Å². The molecule has 1 heterocycles. The summed E-state index contributed by atoms with van der Waals surface area (Å²) < 4.78 is 75.8. The molecule has 0 radical (unpaired) electrons. The molecule has 1 aromatic heterocycles. The highest BCUT2D eigenvalue weighted by Gasteiger charge is 2.35. The van der Waals surface area contributed by atoms with Gasteiger partial charge in [0.2, 0.25) is 0 Å². The van der Waals surface area contributed by atoms with Crippen LogP contribution in [-0.4, -0.2) is 9.97 Å². The van der Waals surface area contributed by atoms with Gasteiger partial charge in [-0.05, 0) is 12.1 Å². The van der Waals surface area contributed by atoms with Crippen LogP contribution in [0.25, 0.3) is 10.9 Å². The van der Waals surface area contributed by atoms with Crippen molar-refractivity contribution in [3.63, 3.8) is 0 Å². The lowest BCUT2D eigenvalue weighted by Crippen LogP contribution is -2.16. The van der Waals surface area contributed by atoms with Gasteiger partial charge in [0.25, 0.3) is 12.0 Å². The van der Waals surface area contributed by atoms with E-state index in [1.54, 1.807) is 4.98 Å². The summed E-state index contributed by atoms with van der Waals surface area (Å²) in [6.45, 7) is 0. The van der Waals surface area contributed by atoms with Crippen molar-refractivity contribution in [1.29, 1.82) is 0 Å². The predicted octanol–water partition coefficient (Wildman–Crippen LogP) is 3.02. The van der Waals surface area contributed by atoms with Crippen molar-refractivity contribution in [3.8, 4) is 0 Å². The molecule has 2 aromatic rings. The van der Waals surface area contributed by atoms with Crippen molar-refractivity contribution in [3.05, 3.63) is 39.7 Å². The molecule has 0 aliphatic heterocycles. The maximum atomic E-state index is 13.0. The highest BCUT2D eigenvalue weighted by atomic mass is 19.4. The molecule has 0 aliphatic carbocycles. The van der Waals surface area contributed by atoms with E-state index in [1.807, 2.05) is 0 Å². The zero-order valence-electron chi connectivity index (χ0n) is 8.86. The highest BCUT2D eigenvalue weighted by Crippen LogP contribution is 2.34. The van der Waals surface area contributed by atoms with Crippen LogP contribution in [0.1, 0.15) is 17.8 Å². The number of alkyl halides is 5. The lowest BCUT2D eigenvalue weighted by molar-refractivity contribution is -0.136. The minimum absolute atomic E-state index is 0.101. The minimum Gasteiger partial charge on any atom is -0.305 e. The zero-order valence-corrected chi connectivity index (χ0v) is 8.86. The standard InChI is InChI=1S/C10H4F6N2O/c11-3-1-4-6(5(2-3)10(14,15)16)17-8(7(12)13)18-9(4)19/h1-2,7H,(H,17,18,19). The van der Waals surface area contributed by atoms with Gasteiger partial charge in [-0.1, -0.05) is 0 Å². The van der Waals surface area contributed by atoms with E-state index < -0.39 is 46.3 Å². The number of rotatable bonds is 1. The molecule has 0 amide bonds. The molecule has 0 aliphatic rings. The molecule has 0 unspecified atom stereocenters. The first-order valence-corrected chi connectivity index (χ1v) is 4.79. The summed E-state index contributed by atoms with van der Waals surface area (Å²) in [5.74, 6) is -2.51. The van der Waals surface area contributed by atoms with Crippen LogP contribution >= 0.6 is 0 Å². The Balaban J connectivity index is 2.92. The Kier molecular flexibility index (Phi) is 2.99. The summed E-state index contributed by atoms with van der Waals surface area (Å²) >= 11 is 0. The van der Waals surface area contributed by atoms with Gasteiger partial charge in [-0.25, -0.2) is 18.2 Å². The van der Waals surface area contributed by atoms with Crippen molar-refractivity contribution in [2.75, 3.05) is 0 Å². The van der Waals surface area contributed by atoms with E-state index in [2.05, 4.69) is 4.98 Å². The first kappa shape index (κ1) is 13.4. The molecule has 19 heavy (non-hydrogen) atoms. The van der Waals surface area contributed by atoms with Crippen molar-refractivity contribution in [2.45, 2.75) is 12.6 Å². The molecule has 0 fully saturated rings. The number of nitrogens with one attached hydrogen (secondary N) is 1. The first-order chi connectivity index (χ1) is 8.70. The fraction of sp³-hybridized carbons (Fsp3) is 0.200. The molecular weight excluding hydrogens is 278 g/mol. The second kappa shape index (κ2) is 4.25. The number of hydrogen-bond donors (Lipinski definition) is 1. The van der Waals surface area contributed by atoms with Crippen LogP contribution in [0.15, 0.2) is 16.9 Å². The van der Waals surface area contributed by atoms with Gasteiger partial charge in [-0.15, -0.1) is 0 Å². The first-order valence-electron chi connectivity index (χ1n) is 4.79. The number of halogens is 6. The summed E-state index contributed by atoms with van der Waals surface area (Å²) in [5.41, 5.74) is -3.84. The summed E-state index contributed by atoms with van der Waals surface area (Å²) in [6, 6.07) is 0.607. The van der Waals surface area contributed by atoms with Gasteiger partial charge in [-0.2, -0.15) is 13.2 Å². The molecule has 0 saturated carbocycles. The normalized spacial score (nSPS) is 12.4. The second-order valence-electron chi connectivity index (χ2n) is 3.60. The molecule has 0 atom stereocenters. The van der Waals surface area contributed by atoms with Crippen molar-refractivity contribution >= 4 is 10.9 Å². The average molecular weight is 282 g/mol. The fourth-order valence-electron chi connectivity index (χ4n) is 1.54. The summed E-state index contributed by atoms with van der Waals surface area (Å²) in [4.78, 5) is 16.0. The number of hydrogen-bond acceptors (Lipinski definition) is 2. The maximum Gasteiger partial charge on any atom is 0.418 e. The average Bonchev–Trinajstić information content (AvgIpc) is 2.27. The minimum atomic E-state index is -5.01. The summed E-state index contributed by atoms with van der Waals surface area (Å²) in [6.07, 6.45) is -8.26. The molecule has 2 rings (SSSR count). The van der Waals surface area contributed by atoms with Crippen LogP contribution in [0, 0.1) is 5.82 Å². The third-order valence-corrected chi connectivity index (χ3v) is 2.31. The van der Waals surface area contributed by atoms with Gasteiger partial charge in [0, 0.05) is 0 Å². The quantitative estimate of drug-likeness (QED) is 0.817. The van der Waals surface area contributed by atoms with Gasteiger partial charge >= 0.3 is 6.18 Å². The molecular formula is C10H4F6N2O. The second-order valence-corrected chi connectivity index (χ2v) is 3.60. The van der Waals surface area contributed by atoms with Crippen LogP contribution in [-0.2, 0) is 6.18 Å². The molecule has 1 N–H and O–H groups in total. The Hall–Kier alpha value is -2.06. The van der Waals surface area contributed by atoms with E-state index in [0.717, 1.165) is 0 Å². The van der Waals surface area contributed by atoms with Crippen LogP contribution in [0.5, 0.6) is 0 Å². The molecule has 1 aromatic carbocycles. The van der Waals surface area contributed by atoms with Crippen molar-refractivity contribution in [1.82, 2.24) is 9.97 Å². The number of H-pyrrole nitrogens is 1. The van der Waals surface area contributed by atoms with Crippen molar-refractivity contribution < 1.29 is 26.3 Å². The molecule has 3 nitrogen and oxygen atoms in total. The Bertz CT molecular complexity index is 691. The van der Waals surface area contributed by atoms with Gasteiger partial charge in [0.1, 0.15) is 5.82 Å². The number of aromatic amines is 1. The van der Waals surface area contributed by atoms with Gasteiger partial charge in [0.05, 0.1) is 16.5 Å². The van der Waals surface area contributed by atoms with Gasteiger partial charge in [-0.3, -0.25) is 4.79 Å². The number of fused-ring (bicyclic) bond motifs is 1. The molecule has 9 heteroatoms.